The highest BCUT2D eigenvalue weighted by Gasteiger charge is 2.08. The van der Waals surface area contributed by atoms with E-state index in [4.69, 9.17) is 21.1 Å². The molecule has 6 heteroatoms. The molecule has 1 aromatic carbocycles. The van der Waals surface area contributed by atoms with Gasteiger partial charge in [-0.1, -0.05) is 11.6 Å². The molecule has 0 saturated carbocycles. The van der Waals surface area contributed by atoms with E-state index < -0.39 is 0 Å². The minimum Gasteiger partial charge on any atom is -0.493 e. The van der Waals surface area contributed by atoms with Crippen molar-refractivity contribution >= 4 is 17.3 Å². The minimum absolute atomic E-state index is 0.483. The number of benzene rings is 1. The van der Waals surface area contributed by atoms with Crippen molar-refractivity contribution in [3.05, 3.63) is 53.7 Å². The third kappa shape index (κ3) is 3.39. The summed E-state index contributed by atoms with van der Waals surface area (Å²) in [7, 11) is 3.21. The molecule has 0 atom stereocenters. The highest BCUT2D eigenvalue weighted by molar-refractivity contribution is 6.29. The zero-order valence-electron chi connectivity index (χ0n) is 11.2. The van der Waals surface area contributed by atoms with Gasteiger partial charge in [-0.15, -0.1) is 0 Å². The maximum absolute atomic E-state index is 5.96. The highest BCUT2D eigenvalue weighted by atomic mass is 35.5. The first-order valence-corrected chi connectivity index (χ1v) is 6.35. The molecular weight excluding hydrogens is 278 g/mol. The maximum Gasteiger partial charge on any atom is 0.161 e. The summed E-state index contributed by atoms with van der Waals surface area (Å²) in [6.45, 7) is 0. The summed E-state index contributed by atoms with van der Waals surface area (Å²) in [5, 5.41) is 9.52. The van der Waals surface area contributed by atoms with Crippen LogP contribution in [0.1, 0.15) is 5.56 Å². The number of methoxy groups -OCH3 is 2. The van der Waals surface area contributed by atoms with Crippen LogP contribution in [0.2, 0.25) is 0 Å². The lowest BCUT2D eigenvalue weighted by atomic mass is 10.1. The van der Waals surface area contributed by atoms with Crippen LogP contribution in [-0.2, 0) is 0 Å². The number of hydrogen-bond donors (Lipinski definition) is 3. The highest BCUT2D eigenvalue weighted by Crippen LogP contribution is 2.29. The summed E-state index contributed by atoms with van der Waals surface area (Å²) in [4.78, 5) is 0. The molecule has 5 nitrogen and oxygen atoms in total. The van der Waals surface area contributed by atoms with Gasteiger partial charge in [0.2, 0.25) is 0 Å². The van der Waals surface area contributed by atoms with Crippen molar-refractivity contribution in [2.45, 2.75) is 0 Å². The molecule has 0 amide bonds. The summed E-state index contributed by atoms with van der Waals surface area (Å²) in [6, 6.07) is 5.66. The van der Waals surface area contributed by atoms with Gasteiger partial charge in [-0.25, -0.2) is 0 Å². The lowest BCUT2D eigenvalue weighted by Gasteiger charge is -2.12. The van der Waals surface area contributed by atoms with Gasteiger partial charge in [-0.3, -0.25) is 0 Å². The molecule has 0 unspecified atom stereocenters. The Morgan fingerprint density at radius 3 is 2.50 bits per heavy atom. The summed E-state index contributed by atoms with van der Waals surface area (Å²) >= 11 is 5.96. The Morgan fingerprint density at radius 1 is 0.950 bits per heavy atom. The van der Waals surface area contributed by atoms with Gasteiger partial charge in [-0.05, 0) is 18.2 Å². The molecular formula is C14H16ClN3O2. The van der Waals surface area contributed by atoms with Crippen LogP contribution in [0, 0.1) is 0 Å². The quantitative estimate of drug-likeness (QED) is 0.747. The Hall–Kier alpha value is -2.27. The first kappa shape index (κ1) is 14.1. The van der Waals surface area contributed by atoms with E-state index in [0.29, 0.717) is 16.7 Å². The Labute approximate surface area is 122 Å². The summed E-state index contributed by atoms with van der Waals surface area (Å²) < 4.78 is 10.5. The SMILES string of the molecule is COc1ccc(C2=CNC=CNC(Cl)=CN2)cc1OC. The standard InChI is InChI=1S/C14H16ClN3O2/c1-19-12-4-3-10(7-13(12)20-2)11-8-16-5-6-17-14(15)9-18-11/h3-9,16-18H,1-2H3. The molecule has 106 valence electrons. The molecule has 0 aliphatic carbocycles. The fraction of sp³-hybridized carbons (Fsp3) is 0.143. The molecule has 0 saturated heterocycles. The number of nitrogens with one attached hydrogen (secondary N) is 3. The average molecular weight is 294 g/mol. The summed E-state index contributed by atoms with van der Waals surface area (Å²) in [5.74, 6) is 1.35. The molecule has 0 bridgehead atoms. The van der Waals surface area contributed by atoms with E-state index >= 15 is 0 Å². The lowest BCUT2D eigenvalue weighted by Crippen LogP contribution is -2.09. The molecule has 1 aliphatic heterocycles. The zero-order valence-corrected chi connectivity index (χ0v) is 12.0. The summed E-state index contributed by atoms with van der Waals surface area (Å²) in [5.41, 5.74) is 1.78. The Kier molecular flexibility index (Phi) is 4.79. The Balaban J connectivity index is 2.33. The first-order chi connectivity index (χ1) is 9.74. The lowest BCUT2D eigenvalue weighted by molar-refractivity contribution is 0.355. The van der Waals surface area contributed by atoms with Crippen molar-refractivity contribution in [3.8, 4) is 11.5 Å². The van der Waals surface area contributed by atoms with Crippen molar-refractivity contribution in [1.29, 1.82) is 0 Å². The van der Waals surface area contributed by atoms with E-state index in [1.54, 1.807) is 32.8 Å². The number of rotatable bonds is 3. The second-order valence-corrected chi connectivity index (χ2v) is 4.32. The molecule has 20 heavy (non-hydrogen) atoms. The summed E-state index contributed by atoms with van der Waals surface area (Å²) in [6.07, 6.45) is 6.94. The number of ether oxygens (including phenoxy) is 2. The Bertz CT molecular complexity index is 568. The second kappa shape index (κ2) is 6.77. The van der Waals surface area contributed by atoms with Crippen LogP contribution in [0.15, 0.2) is 48.2 Å². The van der Waals surface area contributed by atoms with Gasteiger partial charge >= 0.3 is 0 Å². The largest absolute Gasteiger partial charge is 0.493 e. The van der Waals surface area contributed by atoms with Crippen LogP contribution in [0.4, 0.5) is 0 Å². The van der Waals surface area contributed by atoms with Gasteiger partial charge in [-0.2, -0.15) is 0 Å². The van der Waals surface area contributed by atoms with E-state index in [1.807, 2.05) is 24.4 Å². The molecule has 1 heterocycles. The van der Waals surface area contributed by atoms with Crippen LogP contribution in [0.3, 0.4) is 0 Å². The monoisotopic (exact) mass is 293 g/mol. The zero-order chi connectivity index (χ0) is 14.4. The van der Waals surface area contributed by atoms with E-state index in [0.717, 1.165) is 11.3 Å². The Morgan fingerprint density at radius 2 is 1.75 bits per heavy atom. The fourth-order valence-electron chi connectivity index (χ4n) is 1.70. The maximum atomic E-state index is 5.96. The van der Waals surface area contributed by atoms with Gasteiger partial charge in [0.05, 0.1) is 19.9 Å². The van der Waals surface area contributed by atoms with Crippen LogP contribution >= 0.6 is 11.6 Å². The van der Waals surface area contributed by atoms with Crippen LogP contribution in [0.25, 0.3) is 5.70 Å². The predicted octanol–water partition coefficient (Wildman–Crippen LogP) is 2.29. The second-order valence-electron chi connectivity index (χ2n) is 3.91. The molecule has 0 spiro atoms. The van der Waals surface area contributed by atoms with Gasteiger partial charge in [0, 0.05) is 30.4 Å². The predicted molar refractivity (Wildman–Crippen MR) is 80.0 cm³/mol. The van der Waals surface area contributed by atoms with E-state index in [2.05, 4.69) is 16.0 Å². The van der Waals surface area contributed by atoms with Gasteiger partial charge in [0.15, 0.2) is 11.5 Å². The van der Waals surface area contributed by atoms with E-state index in [9.17, 15) is 0 Å². The molecule has 3 N–H and O–H groups in total. The normalized spacial score (nSPS) is 14.3. The molecule has 0 fully saturated rings. The smallest absolute Gasteiger partial charge is 0.161 e. The third-order valence-corrected chi connectivity index (χ3v) is 2.90. The van der Waals surface area contributed by atoms with Crippen molar-refractivity contribution in [1.82, 2.24) is 16.0 Å². The first-order valence-electron chi connectivity index (χ1n) is 5.97. The van der Waals surface area contributed by atoms with Crippen molar-refractivity contribution < 1.29 is 9.47 Å². The average Bonchev–Trinajstić information content (AvgIpc) is 2.59. The van der Waals surface area contributed by atoms with Crippen LogP contribution in [-0.4, -0.2) is 14.2 Å². The van der Waals surface area contributed by atoms with Crippen molar-refractivity contribution in [3.63, 3.8) is 0 Å². The molecule has 2 rings (SSSR count). The van der Waals surface area contributed by atoms with Crippen molar-refractivity contribution in [2.75, 3.05) is 14.2 Å². The van der Waals surface area contributed by atoms with Gasteiger partial charge in [0.1, 0.15) is 5.16 Å². The van der Waals surface area contributed by atoms with Crippen LogP contribution in [0.5, 0.6) is 11.5 Å². The molecule has 1 aliphatic rings. The van der Waals surface area contributed by atoms with Crippen molar-refractivity contribution in [2.24, 2.45) is 0 Å². The van der Waals surface area contributed by atoms with Crippen LogP contribution < -0.4 is 25.4 Å². The van der Waals surface area contributed by atoms with Gasteiger partial charge in [0.25, 0.3) is 0 Å². The minimum atomic E-state index is 0.483. The van der Waals surface area contributed by atoms with E-state index in [1.165, 1.54) is 0 Å². The number of halogens is 1. The topological polar surface area (TPSA) is 54.5 Å². The van der Waals surface area contributed by atoms with Gasteiger partial charge < -0.3 is 25.4 Å². The molecule has 0 radical (unpaired) electrons. The molecule has 1 aromatic rings. The molecule has 0 aromatic heterocycles. The third-order valence-electron chi connectivity index (χ3n) is 2.68. The van der Waals surface area contributed by atoms with E-state index in [-0.39, 0.29) is 0 Å². The fourth-order valence-corrected chi connectivity index (χ4v) is 1.81. The number of hydrogen-bond acceptors (Lipinski definition) is 5.